The number of benzene rings is 1. The highest BCUT2D eigenvalue weighted by Gasteiger charge is 2.27. The first-order valence-corrected chi connectivity index (χ1v) is 8.72. The Morgan fingerprint density at radius 3 is 3.00 bits per heavy atom. The largest absolute Gasteiger partial charge is 0.355 e. The summed E-state index contributed by atoms with van der Waals surface area (Å²) in [5.41, 5.74) is 9.13. The second-order valence-corrected chi connectivity index (χ2v) is 6.73. The van der Waals surface area contributed by atoms with Gasteiger partial charge in [0, 0.05) is 31.9 Å². The molecule has 3 heterocycles. The molecule has 0 aliphatic carbocycles. The number of rotatable bonds is 3. The molecule has 4 rings (SSSR count). The zero-order valence-electron chi connectivity index (χ0n) is 14.2. The Kier molecular flexibility index (Phi) is 4.16. The van der Waals surface area contributed by atoms with Crippen molar-refractivity contribution in [2.24, 2.45) is 5.73 Å². The normalized spacial score (nSPS) is 20.0. The Bertz CT molecular complexity index is 830. The van der Waals surface area contributed by atoms with Gasteiger partial charge in [0.1, 0.15) is 5.82 Å². The standard InChI is InChI=1S/C19H22N6/c20-10-15-4-1-2-5-16(15)11-24-13-18-7-8-22-25(18)14-19(24)23-9-3-6-17(21)12-23/h1-2,4-5,7-8,14,17H,3,6,9,11-13,21H2. The molecule has 25 heavy (non-hydrogen) atoms. The van der Waals surface area contributed by atoms with Crippen LogP contribution in [0.2, 0.25) is 0 Å². The Morgan fingerprint density at radius 1 is 1.28 bits per heavy atom. The third-order valence-electron chi connectivity index (χ3n) is 4.95. The Balaban J connectivity index is 1.66. The van der Waals surface area contributed by atoms with Crippen LogP contribution in [0.15, 0.2) is 42.3 Å². The summed E-state index contributed by atoms with van der Waals surface area (Å²) in [7, 11) is 0. The van der Waals surface area contributed by atoms with Gasteiger partial charge in [0.15, 0.2) is 0 Å². The van der Waals surface area contributed by atoms with Crippen molar-refractivity contribution in [2.45, 2.75) is 32.0 Å². The summed E-state index contributed by atoms with van der Waals surface area (Å²) in [6, 6.07) is 12.4. The highest BCUT2D eigenvalue weighted by Crippen LogP contribution is 2.26. The molecule has 1 aromatic carbocycles. The van der Waals surface area contributed by atoms with Crippen molar-refractivity contribution in [3.05, 3.63) is 59.2 Å². The maximum Gasteiger partial charge on any atom is 0.124 e. The summed E-state index contributed by atoms with van der Waals surface area (Å²) in [6.45, 7) is 3.34. The fourth-order valence-electron chi connectivity index (χ4n) is 3.66. The van der Waals surface area contributed by atoms with Crippen molar-refractivity contribution in [3.63, 3.8) is 0 Å². The van der Waals surface area contributed by atoms with Crippen molar-refractivity contribution in [2.75, 3.05) is 13.1 Å². The molecule has 1 saturated heterocycles. The van der Waals surface area contributed by atoms with Gasteiger partial charge in [0.2, 0.25) is 0 Å². The molecule has 0 bridgehead atoms. The molecule has 2 N–H and O–H groups in total. The zero-order chi connectivity index (χ0) is 17.2. The van der Waals surface area contributed by atoms with Crippen LogP contribution in [0.25, 0.3) is 6.20 Å². The van der Waals surface area contributed by atoms with E-state index in [0.29, 0.717) is 6.54 Å². The van der Waals surface area contributed by atoms with Gasteiger partial charge in [-0.1, -0.05) is 18.2 Å². The summed E-state index contributed by atoms with van der Waals surface area (Å²) in [4.78, 5) is 4.68. The van der Waals surface area contributed by atoms with Gasteiger partial charge in [-0.05, 0) is 30.5 Å². The predicted octanol–water partition coefficient (Wildman–Crippen LogP) is 1.95. The van der Waals surface area contributed by atoms with Gasteiger partial charge in [-0.15, -0.1) is 0 Å². The number of aromatic nitrogens is 2. The van der Waals surface area contributed by atoms with Crippen LogP contribution in [0.3, 0.4) is 0 Å². The molecule has 1 atom stereocenters. The van der Waals surface area contributed by atoms with Gasteiger partial charge in [0.05, 0.1) is 30.1 Å². The highest BCUT2D eigenvalue weighted by molar-refractivity contribution is 5.39. The highest BCUT2D eigenvalue weighted by atomic mass is 15.4. The van der Waals surface area contributed by atoms with E-state index >= 15 is 0 Å². The maximum absolute atomic E-state index is 9.40. The van der Waals surface area contributed by atoms with Crippen molar-refractivity contribution >= 4 is 6.20 Å². The van der Waals surface area contributed by atoms with E-state index in [9.17, 15) is 5.26 Å². The number of nitriles is 1. The van der Waals surface area contributed by atoms with Gasteiger partial charge >= 0.3 is 0 Å². The second-order valence-electron chi connectivity index (χ2n) is 6.73. The topological polar surface area (TPSA) is 74.1 Å². The molecule has 1 fully saturated rings. The molecule has 6 heteroatoms. The lowest BCUT2D eigenvalue weighted by Gasteiger charge is -2.41. The molecule has 0 radical (unpaired) electrons. The van der Waals surface area contributed by atoms with Gasteiger partial charge in [-0.2, -0.15) is 10.4 Å². The van der Waals surface area contributed by atoms with E-state index in [1.165, 1.54) is 0 Å². The minimum atomic E-state index is 0.210. The van der Waals surface area contributed by atoms with Crippen LogP contribution in [0.1, 0.15) is 29.7 Å². The summed E-state index contributed by atoms with van der Waals surface area (Å²) in [6.07, 6.45) is 6.10. The lowest BCUT2D eigenvalue weighted by molar-refractivity contribution is 0.160. The number of hydrogen-bond acceptors (Lipinski definition) is 5. The van der Waals surface area contributed by atoms with Crippen LogP contribution in [-0.4, -0.2) is 38.7 Å². The van der Waals surface area contributed by atoms with Gasteiger partial charge in [-0.25, -0.2) is 4.68 Å². The maximum atomic E-state index is 9.40. The van der Waals surface area contributed by atoms with Crippen LogP contribution in [0.4, 0.5) is 0 Å². The molecular weight excluding hydrogens is 312 g/mol. The zero-order valence-corrected chi connectivity index (χ0v) is 14.2. The van der Waals surface area contributed by atoms with Crippen LogP contribution in [-0.2, 0) is 13.1 Å². The Labute approximate surface area is 147 Å². The third kappa shape index (κ3) is 3.11. The number of piperidine rings is 1. The van der Waals surface area contributed by atoms with E-state index in [0.717, 1.165) is 55.1 Å². The monoisotopic (exact) mass is 334 g/mol. The van der Waals surface area contributed by atoms with Gasteiger partial charge in [-0.3, -0.25) is 0 Å². The SMILES string of the molecule is N#Cc1ccccc1CN1Cc2ccnn2C=C1N1CCCC(N)C1. The van der Waals surface area contributed by atoms with E-state index in [4.69, 9.17) is 5.73 Å². The predicted molar refractivity (Wildman–Crippen MR) is 95.7 cm³/mol. The minimum Gasteiger partial charge on any atom is -0.355 e. The quantitative estimate of drug-likeness (QED) is 0.929. The molecule has 128 valence electrons. The molecule has 1 aromatic heterocycles. The average molecular weight is 334 g/mol. The number of hydrogen-bond donors (Lipinski definition) is 1. The molecule has 0 amide bonds. The minimum absolute atomic E-state index is 0.210. The van der Waals surface area contributed by atoms with Crippen molar-refractivity contribution in [1.82, 2.24) is 19.6 Å². The summed E-state index contributed by atoms with van der Waals surface area (Å²) in [5, 5.41) is 13.8. The van der Waals surface area contributed by atoms with Crippen LogP contribution in [0.5, 0.6) is 0 Å². The first kappa shape index (κ1) is 15.7. The summed E-state index contributed by atoms with van der Waals surface area (Å²) < 4.78 is 1.95. The first-order valence-electron chi connectivity index (χ1n) is 8.72. The third-order valence-corrected chi connectivity index (χ3v) is 4.95. The molecule has 0 spiro atoms. The lowest BCUT2D eigenvalue weighted by atomic mass is 10.1. The fraction of sp³-hybridized carbons (Fsp3) is 0.368. The fourth-order valence-corrected chi connectivity index (χ4v) is 3.66. The van der Waals surface area contributed by atoms with Crippen molar-refractivity contribution in [3.8, 4) is 6.07 Å². The molecule has 6 nitrogen and oxygen atoms in total. The van der Waals surface area contributed by atoms with E-state index < -0.39 is 0 Å². The smallest absolute Gasteiger partial charge is 0.124 e. The van der Waals surface area contributed by atoms with E-state index in [2.05, 4.69) is 27.2 Å². The van der Waals surface area contributed by atoms with E-state index in [1.807, 2.05) is 41.2 Å². The van der Waals surface area contributed by atoms with Crippen LogP contribution >= 0.6 is 0 Å². The summed E-state index contributed by atoms with van der Waals surface area (Å²) >= 11 is 0. The number of nitrogens with two attached hydrogens (primary N) is 1. The van der Waals surface area contributed by atoms with E-state index in [-0.39, 0.29) is 6.04 Å². The molecule has 2 aromatic rings. The molecule has 2 aliphatic rings. The Hall–Kier alpha value is -2.78. The average Bonchev–Trinajstić information content (AvgIpc) is 3.09. The number of nitrogens with zero attached hydrogens (tertiary/aromatic N) is 5. The van der Waals surface area contributed by atoms with Crippen LogP contribution < -0.4 is 5.73 Å². The molecule has 1 unspecified atom stereocenters. The van der Waals surface area contributed by atoms with Crippen LogP contribution in [0, 0.1) is 11.3 Å². The second kappa shape index (κ2) is 6.61. The Morgan fingerprint density at radius 2 is 2.16 bits per heavy atom. The first-order chi connectivity index (χ1) is 12.2. The lowest BCUT2D eigenvalue weighted by Crippen LogP contribution is -2.47. The van der Waals surface area contributed by atoms with E-state index in [1.54, 1.807) is 0 Å². The van der Waals surface area contributed by atoms with Gasteiger partial charge < -0.3 is 15.5 Å². The van der Waals surface area contributed by atoms with Crippen molar-refractivity contribution in [1.29, 1.82) is 5.26 Å². The van der Waals surface area contributed by atoms with Crippen molar-refractivity contribution < 1.29 is 0 Å². The molecule has 2 aliphatic heterocycles. The van der Waals surface area contributed by atoms with Gasteiger partial charge in [0.25, 0.3) is 0 Å². The molecular formula is C19H22N6. The number of fused-ring (bicyclic) bond motifs is 1. The number of likely N-dealkylation sites (tertiary alicyclic amines) is 1. The summed E-state index contributed by atoms with van der Waals surface area (Å²) in [5.74, 6) is 1.14. The molecule has 0 saturated carbocycles.